The Kier molecular flexibility index (Phi) is 5.11. The molecule has 1 spiro atoms. The van der Waals surface area contributed by atoms with Gasteiger partial charge in [0.2, 0.25) is 0 Å². The zero-order chi connectivity index (χ0) is 16.7. The van der Waals surface area contributed by atoms with Crippen LogP contribution in [-0.2, 0) is 0 Å². The fraction of sp³-hybridized carbons (Fsp3) is 1.00. The summed E-state index contributed by atoms with van der Waals surface area (Å²) in [7, 11) is 4.54. The molecule has 0 unspecified atom stereocenters. The van der Waals surface area contributed by atoms with Gasteiger partial charge in [-0.2, -0.15) is 0 Å². The summed E-state index contributed by atoms with van der Waals surface area (Å²) < 4.78 is 0. The summed E-state index contributed by atoms with van der Waals surface area (Å²) in [5.74, 6) is 0.980. The predicted molar refractivity (Wildman–Crippen MR) is 98.8 cm³/mol. The van der Waals surface area contributed by atoms with Gasteiger partial charge in [-0.05, 0) is 96.4 Å². The van der Waals surface area contributed by atoms with E-state index in [0.29, 0.717) is 16.9 Å². The summed E-state index contributed by atoms with van der Waals surface area (Å²) in [4.78, 5) is 7.76. The van der Waals surface area contributed by atoms with Crippen LogP contribution in [0.15, 0.2) is 0 Å². The minimum Gasteiger partial charge on any atom is -0.306 e. The number of piperidine rings is 1. The van der Waals surface area contributed by atoms with Gasteiger partial charge in [0.1, 0.15) is 0 Å². The zero-order valence-electron chi connectivity index (χ0n) is 16.3. The Morgan fingerprint density at radius 3 is 2.30 bits per heavy atom. The molecule has 3 fully saturated rings. The van der Waals surface area contributed by atoms with Crippen molar-refractivity contribution in [2.75, 3.05) is 53.4 Å². The second-order valence-corrected chi connectivity index (χ2v) is 9.88. The molecule has 0 atom stereocenters. The molecule has 2 saturated heterocycles. The largest absolute Gasteiger partial charge is 0.306 e. The molecule has 0 radical (unpaired) electrons. The Balaban J connectivity index is 1.32. The molecular weight excluding hydrogens is 282 g/mol. The van der Waals surface area contributed by atoms with Gasteiger partial charge in [-0.15, -0.1) is 0 Å². The number of hydrogen-bond donors (Lipinski definition) is 0. The first-order valence-corrected chi connectivity index (χ1v) is 9.90. The standard InChI is InChI=1S/C20H39N3/c1-17(2)22(5)11-6-19(3)12-18(13-19)14-23-15-20(16-23)7-9-21(4)10-8-20/h17-18H,6-16H2,1-5H3. The monoisotopic (exact) mass is 321 g/mol. The average Bonchev–Trinajstić information content (AvgIpc) is 2.43. The van der Waals surface area contributed by atoms with Gasteiger partial charge in [0, 0.05) is 25.7 Å². The Morgan fingerprint density at radius 1 is 1.13 bits per heavy atom. The molecule has 0 aromatic heterocycles. The highest BCUT2D eigenvalue weighted by atomic mass is 15.2. The van der Waals surface area contributed by atoms with E-state index in [1.807, 2.05) is 0 Å². The molecule has 0 aromatic rings. The lowest BCUT2D eigenvalue weighted by Gasteiger charge is -2.56. The second-order valence-electron chi connectivity index (χ2n) is 9.88. The van der Waals surface area contributed by atoms with Gasteiger partial charge < -0.3 is 14.7 Å². The van der Waals surface area contributed by atoms with Crippen LogP contribution in [-0.4, -0.2) is 74.1 Å². The van der Waals surface area contributed by atoms with Gasteiger partial charge in [-0.25, -0.2) is 0 Å². The highest BCUT2D eigenvalue weighted by Crippen LogP contribution is 2.50. The smallest absolute Gasteiger partial charge is 0.00516 e. The van der Waals surface area contributed by atoms with E-state index in [-0.39, 0.29) is 0 Å². The molecule has 0 aromatic carbocycles. The van der Waals surface area contributed by atoms with E-state index in [4.69, 9.17) is 0 Å². The normalized spacial score (nSPS) is 34.8. The maximum Gasteiger partial charge on any atom is 0.00516 e. The summed E-state index contributed by atoms with van der Waals surface area (Å²) in [6.07, 6.45) is 7.18. The van der Waals surface area contributed by atoms with Crippen molar-refractivity contribution in [1.82, 2.24) is 14.7 Å². The van der Waals surface area contributed by atoms with Gasteiger partial charge in [0.25, 0.3) is 0 Å². The molecule has 0 bridgehead atoms. The molecule has 3 heteroatoms. The highest BCUT2D eigenvalue weighted by Gasteiger charge is 2.47. The van der Waals surface area contributed by atoms with Gasteiger partial charge in [0.15, 0.2) is 0 Å². The van der Waals surface area contributed by atoms with Crippen LogP contribution in [0.2, 0.25) is 0 Å². The van der Waals surface area contributed by atoms with Crippen molar-refractivity contribution >= 4 is 0 Å². The van der Waals surface area contributed by atoms with Crippen molar-refractivity contribution in [3.8, 4) is 0 Å². The van der Waals surface area contributed by atoms with Crippen molar-refractivity contribution < 1.29 is 0 Å². The summed E-state index contributed by atoms with van der Waals surface area (Å²) >= 11 is 0. The van der Waals surface area contributed by atoms with E-state index in [9.17, 15) is 0 Å². The first-order chi connectivity index (χ1) is 10.8. The van der Waals surface area contributed by atoms with E-state index < -0.39 is 0 Å². The molecule has 3 nitrogen and oxygen atoms in total. The molecule has 1 aliphatic carbocycles. The van der Waals surface area contributed by atoms with Crippen LogP contribution < -0.4 is 0 Å². The van der Waals surface area contributed by atoms with Gasteiger partial charge in [-0.1, -0.05) is 6.92 Å². The van der Waals surface area contributed by atoms with E-state index in [0.717, 1.165) is 5.92 Å². The molecule has 23 heavy (non-hydrogen) atoms. The summed E-state index contributed by atoms with van der Waals surface area (Å²) in [5.41, 5.74) is 1.34. The second kappa shape index (κ2) is 6.65. The fourth-order valence-electron chi connectivity index (χ4n) is 5.18. The minimum atomic E-state index is 0.629. The molecule has 2 aliphatic heterocycles. The van der Waals surface area contributed by atoms with Crippen LogP contribution in [0, 0.1) is 16.7 Å². The molecule has 134 valence electrons. The van der Waals surface area contributed by atoms with Crippen LogP contribution in [0.25, 0.3) is 0 Å². The highest BCUT2D eigenvalue weighted by molar-refractivity contribution is 5.00. The number of likely N-dealkylation sites (tertiary alicyclic amines) is 2. The molecule has 3 rings (SSSR count). The molecule has 1 saturated carbocycles. The average molecular weight is 322 g/mol. The summed E-state index contributed by atoms with van der Waals surface area (Å²) in [6.45, 7) is 15.2. The van der Waals surface area contributed by atoms with Crippen molar-refractivity contribution in [1.29, 1.82) is 0 Å². The van der Waals surface area contributed by atoms with Gasteiger partial charge in [-0.3, -0.25) is 0 Å². The van der Waals surface area contributed by atoms with Gasteiger partial charge >= 0.3 is 0 Å². The maximum atomic E-state index is 2.76. The predicted octanol–water partition coefficient (Wildman–Crippen LogP) is 3.16. The molecule has 0 amide bonds. The van der Waals surface area contributed by atoms with E-state index in [2.05, 4.69) is 49.6 Å². The van der Waals surface area contributed by atoms with Crippen LogP contribution >= 0.6 is 0 Å². The third-order valence-electron chi connectivity index (χ3n) is 7.19. The third kappa shape index (κ3) is 4.11. The van der Waals surface area contributed by atoms with Gasteiger partial charge in [0.05, 0.1) is 0 Å². The molecule has 3 aliphatic rings. The number of nitrogens with zero attached hydrogens (tertiary/aromatic N) is 3. The Bertz CT molecular complexity index is 384. The number of hydrogen-bond acceptors (Lipinski definition) is 3. The van der Waals surface area contributed by atoms with E-state index in [1.54, 1.807) is 0 Å². The minimum absolute atomic E-state index is 0.629. The van der Waals surface area contributed by atoms with Crippen molar-refractivity contribution in [2.45, 2.75) is 58.9 Å². The topological polar surface area (TPSA) is 9.72 Å². The molecular formula is C20H39N3. The lowest BCUT2D eigenvalue weighted by atomic mass is 9.60. The SMILES string of the molecule is CC(C)N(C)CCC1(C)CC(CN2CC3(CCN(C)CC3)C2)C1. The Labute approximate surface area is 144 Å². The first-order valence-electron chi connectivity index (χ1n) is 9.90. The summed E-state index contributed by atoms with van der Waals surface area (Å²) in [5, 5.41) is 0. The Hall–Kier alpha value is -0.120. The van der Waals surface area contributed by atoms with Crippen LogP contribution in [0.5, 0.6) is 0 Å². The molecule has 0 N–H and O–H groups in total. The molecule has 2 heterocycles. The lowest BCUT2D eigenvalue weighted by Crippen LogP contribution is -2.61. The van der Waals surface area contributed by atoms with Crippen molar-refractivity contribution in [3.63, 3.8) is 0 Å². The quantitative estimate of drug-likeness (QED) is 0.744. The van der Waals surface area contributed by atoms with Crippen molar-refractivity contribution in [3.05, 3.63) is 0 Å². The van der Waals surface area contributed by atoms with E-state index in [1.165, 1.54) is 71.4 Å². The van der Waals surface area contributed by atoms with Crippen LogP contribution in [0.3, 0.4) is 0 Å². The van der Waals surface area contributed by atoms with E-state index >= 15 is 0 Å². The van der Waals surface area contributed by atoms with Crippen molar-refractivity contribution in [2.24, 2.45) is 16.7 Å². The summed E-state index contributed by atoms with van der Waals surface area (Å²) in [6, 6.07) is 0.682. The fourth-order valence-corrected chi connectivity index (χ4v) is 5.18. The Morgan fingerprint density at radius 2 is 1.74 bits per heavy atom. The maximum absolute atomic E-state index is 2.76. The zero-order valence-corrected chi connectivity index (χ0v) is 16.3. The lowest BCUT2D eigenvalue weighted by molar-refractivity contribution is -0.0704. The van der Waals surface area contributed by atoms with Crippen LogP contribution in [0.1, 0.15) is 52.9 Å². The number of rotatable bonds is 6. The third-order valence-corrected chi connectivity index (χ3v) is 7.19. The van der Waals surface area contributed by atoms with Crippen LogP contribution in [0.4, 0.5) is 0 Å². The first kappa shape index (κ1) is 17.7.